The maximum Gasteiger partial charge on any atom is 0.419 e. The minimum absolute atomic E-state index is 0.0170. The highest BCUT2D eigenvalue weighted by Crippen LogP contribution is 2.41. The van der Waals surface area contributed by atoms with Crippen LogP contribution in [0.5, 0.6) is 5.75 Å². The van der Waals surface area contributed by atoms with Gasteiger partial charge in [0.1, 0.15) is 5.75 Å². The Balaban J connectivity index is 1.15. The van der Waals surface area contributed by atoms with E-state index in [0.717, 1.165) is 74.9 Å². The van der Waals surface area contributed by atoms with Gasteiger partial charge in [0.2, 0.25) is 11.9 Å². The van der Waals surface area contributed by atoms with Crippen molar-refractivity contribution in [3.63, 3.8) is 0 Å². The zero-order chi connectivity index (χ0) is 33.3. The number of rotatable bonds is 9. The predicted molar refractivity (Wildman–Crippen MR) is 176 cm³/mol. The predicted octanol–water partition coefficient (Wildman–Crippen LogP) is 6.34. The Morgan fingerprint density at radius 3 is 2.45 bits per heavy atom. The molecular weight excluding hydrogens is 609 g/mol. The van der Waals surface area contributed by atoms with Gasteiger partial charge in [-0.2, -0.15) is 13.2 Å². The molecule has 3 aliphatic rings. The van der Waals surface area contributed by atoms with Gasteiger partial charge in [0.05, 0.1) is 35.6 Å². The normalized spacial score (nSPS) is 19.0. The Hall–Kier alpha value is -3.90. The summed E-state index contributed by atoms with van der Waals surface area (Å²) in [4.78, 5) is 25.8. The van der Waals surface area contributed by atoms with Gasteiger partial charge < -0.3 is 29.9 Å². The number of piperidine rings is 2. The van der Waals surface area contributed by atoms with Crippen molar-refractivity contribution >= 4 is 28.9 Å². The molecule has 252 valence electrons. The van der Waals surface area contributed by atoms with Gasteiger partial charge in [-0.15, -0.1) is 0 Å². The lowest BCUT2D eigenvalue weighted by Gasteiger charge is -2.42. The number of carbonyl (C=O) groups excluding carboxylic acids is 1. The summed E-state index contributed by atoms with van der Waals surface area (Å²) in [5.74, 6) is 0.468. The van der Waals surface area contributed by atoms with E-state index >= 15 is 0 Å². The van der Waals surface area contributed by atoms with E-state index in [1.165, 1.54) is 0 Å². The Labute approximate surface area is 273 Å². The van der Waals surface area contributed by atoms with Crippen molar-refractivity contribution in [2.75, 3.05) is 55.9 Å². The minimum Gasteiger partial charge on any atom is -0.494 e. The lowest BCUT2D eigenvalue weighted by Crippen LogP contribution is -2.48. The summed E-state index contributed by atoms with van der Waals surface area (Å²) in [6.45, 7) is 7.66. The number of hydrogen-bond donors (Lipinski definition) is 2. The molecule has 0 radical (unpaired) electrons. The number of benzene rings is 2. The topological polar surface area (TPSA) is 91.9 Å². The number of alkyl halides is 3. The quantitative estimate of drug-likeness (QED) is 0.277. The number of anilines is 4. The fourth-order valence-electron chi connectivity index (χ4n) is 7.27. The highest BCUT2D eigenvalue weighted by Gasteiger charge is 2.40. The van der Waals surface area contributed by atoms with Gasteiger partial charge in [0.25, 0.3) is 0 Å². The Morgan fingerprint density at radius 1 is 1.02 bits per heavy atom. The number of halogens is 3. The van der Waals surface area contributed by atoms with Crippen LogP contribution in [0, 0.1) is 0 Å². The molecule has 0 unspecified atom stereocenters. The monoisotopic (exact) mass is 652 g/mol. The fourth-order valence-corrected chi connectivity index (χ4v) is 7.27. The minimum atomic E-state index is -4.61. The van der Waals surface area contributed by atoms with E-state index in [2.05, 4.69) is 30.4 Å². The molecule has 0 bridgehead atoms. The van der Waals surface area contributed by atoms with E-state index in [1.807, 2.05) is 44.2 Å². The first kappa shape index (κ1) is 33.0. The highest BCUT2D eigenvalue weighted by atomic mass is 19.4. The third-order valence-corrected chi connectivity index (χ3v) is 9.98. The van der Waals surface area contributed by atoms with Gasteiger partial charge in [0, 0.05) is 63.0 Å². The van der Waals surface area contributed by atoms with Crippen molar-refractivity contribution in [3.8, 4) is 5.75 Å². The number of hydrogen-bond acceptors (Lipinski definition) is 8. The Morgan fingerprint density at radius 2 is 1.77 bits per heavy atom. The van der Waals surface area contributed by atoms with Crippen LogP contribution in [-0.2, 0) is 34.0 Å². The summed E-state index contributed by atoms with van der Waals surface area (Å²) in [5, 5.41) is 5.96. The van der Waals surface area contributed by atoms with Crippen LogP contribution in [0.1, 0.15) is 61.9 Å². The zero-order valence-electron chi connectivity index (χ0n) is 27.4. The molecule has 6 rings (SSSR count). The van der Waals surface area contributed by atoms with E-state index in [-0.39, 0.29) is 30.4 Å². The third kappa shape index (κ3) is 6.89. The van der Waals surface area contributed by atoms with Crippen molar-refractivity contribution in [2.24, 2.45) is 0 Å². The lowest BCUT2D eigenvalue weighted by atomic mass is 9.82. The van der Waals surface area contributed by atoms with Gasteiger partial charge in [-0.3, -0.25) is 4.79 Å². The summed E-state index contributed by atoms with van der Waals surface area (Å²) >= 11 is 0. The van der Waals surface area contributed by atoms with Gasteiger partial charge in [-0.05, 0) is 81.7 Å². The van der Waals surface area contributed by atoms with Crippen LogP contribution in [-0.4, -0.2) is 73.3 Å². The van der Waals surface area contributed by atoms with Crippen LogP contribution in [0.2, 0.25) is 0 Å². The van der Waals surface area contributed by atoms with Crippen molar-refractivity contribution < 1.29 is 27.4 Å². The summed E-state index contributed by atoms with van der Waals surface area (Å²) < 4.78 is 53.3. The van der Waals surface area contributed by atoms with Crippen molar-refractivity contribution in [3.05, 3.63) is 65.0 Å². The molecule has 1 amide bonds. The molecule has 0 saturated carbocycles. The number of ether oxygens (including phenoxy) is 2. The van der Waals surface area contributed by atoms with Gasteiger partial charge in [-0.1, -0.05) is 12.1 Å². The highest BCUT2D eigenvalue weighted by molar-refractivity contribution is 6.06. The number of carbonyl (C=O) groups is 1. The molecule has 2 aromatic carbocycles. The molecule has 9 nitrogen and oxygen atoms in total. The largest absolute Gasteiger partial charge is 0.494 e. The maximum absolute atomic E-state index is 14.0. The van der Waals surface area contributed by atoms with Crippen molar-refractivity contribution in [1.29, 1.82) is 0 Å². The van der Waals surface area contributed by atoms with E-state index in [0.29, 0.717) is 29.3 Å². The molecule has 2 saturated heterocycles. The molecule has 47 heavy (non-hydrogen) atoms. The molecule has 1 aromatic heterocycles. The standard InChI is InChI=1S/C35H43F3N6O3/c1-34(2)31-22(6-5-7-29(31)40-32(34)45)8-10-27-26(35(36,37)38)21-39-33(41-27)42-28-11-9-24(20-30(28)47-4)44-16-12-23(13-17-44)43-18-14-25(46-3)15-19-43/h5-7,9,11,20-21,23,25H,8,10,12-19H2,1-4H3,(H,40,45)(H,39,41,42). The number of aromatic nitrogens is 2. The Bertz CT molecular complexity index is 1600. The molecule has 0 aliphatic carbocycles. The van der Waals surface area contributed by atoms with Crippen LogP contribution in [0.25, 0.3) is 0 Å². The average molecular weight is 653 g/mol. The molecule has 0 spiro atoms. The van der Waals surface area contributed by atoms with E-state index in [9.17, 15) is 18.0 Å². The second kappa shape index (κ2) is 13.3. The van der Waals surface area contributed by atoms with Crippen LogP contribution in [0.3, 0.4) is 0 Å². The smallest absolute Gasteiger partial charge is 0.419 e. The van der Waals surface area contributed by atoms with Crippen molar-refractivity contribution in [1.82, 2.24) is 14.9 Å². The lowest BCUT2D eigenvalue weighted by molar-refractivity contribution is -0.138. The van der Waals surface area contributed by atoms with E-state index in [1.54, 1.807) is 20.3 Å². The van der Waals surface area contributed by atoms with Crippen LogP contribution in [0.4, 0.5) is 36.2 Å². The number of nitrogens with zero attached hydrogens (tertiary/aromatic N) is 4. The third-order valence-electron chi connectivity index (χ3n) is 9.98. The van der Waals surface area contributed by atoms with Crippen LogP contribution >= 0.6 is 0 Å². The van der Waals surface area contributed by atoms with Crippen LogP contribution in [0.15, 0.2) is 42.6 Å². The number of fused-ring (bicyclic) bond motifs is 1. The molecule has 12 heteroatoms. The first-order valence-corrected chi connectivity index (χ1v) is 16.3. The number of methoxy groups -OCH3 is 2. The first-order valence-electron chi connectivity index (χ1n) is 16.3. The summed E-state index contributed by atoms with van der Waals surface area (Å²) in [6.07, 6.45) is 1.22. The van der Waals surface area contributed by atoms with Crippen LogP contribution < -0.4 is 20.3 Å². The molecule has 3 aliphatic heterocycles. The van der Waals surface area contributed by atoms with Gasteiger partial charge in [-0.25, -0.2) is 9.97 Å². The first-order chi connectivity index (χ1) is 22.5. The van der Waals surface area contributed by atoms with Gasteiger partial charge in [0.15, 0.2) is 0 Å². The molecule has 2 N–H and O–H groups in total. The molecular formula is C35H43F3N6O3. The maximum atomic E-state index is 14.0. The Kier molecular flexibility index (Phi) is 9.35. The van der Waals surface area contributed by atoms with E-state index in [4.69, 9.17) is 9.47 Å². The number of likely N-dealkylation sites (tertiary alicyclic amines) is 1. The summed E-state index contributed by atoms with van der Waals surface area (Å²) in [6, 6.07) is 11.8. The molecule has 0 atom stereocenters. The van der Waals surface area contributed by atoms with Crippen molar-refractivity contribution in [2.45, 2.75) is 76.1 Å². The number of aryl methyl sites for hydroxylation is 2. The fraction of sp³-hybridized carbons (Fsp3) is 0.514. The SMILES string of the molecule is COc1cc(N2CCC(N3CCC(OC)CC3)CC2)ccc1Nc1ncc(C(F)(F)F)c(CCc2cccc3c2C(C)(C)C(=O)N3)n1. The number of amides is 1. The summed E-state index contributed by atoms with van der Waals surface area (Å²) in [5.41, 5.74) is 2.13. The molecule has 3 aromatic rings. The second-order valence-corrected chi connectivity index (χ2v) is 13.2. The summed E-state index contributed by atoms with van der Waals surface area (Å²) in [7, 11) is 3.36. The average Bonchev–Trinajstić information content (AvgIpc) is 3.31. The molecule has 2 fully saturated rings. The van der Waals surface area contributed by atoms with Gasteiger partial charge >= 0.3 is 6.18 Å². The zero-order valence-corrected chi connectivity index (χ0v) is 27.4. The molecule has 4 heterocycles. The van der Waals surface area contributed by atoms with E-state index < -0.39 is 17.2 Å². The number of nitrogens with one attached hydrogen (secondary N) is 2. The second-order valence-electron chi connectivity index (χ2n) is 13.2.